The van der Waals surface area contributed by atoms with Crippen molar-refractivity contribution in [2.24, 2.45) is 0 Å². The third-order valence-electron chi connectivity index (χ3n) is 4.05. The second-order valence-electron chi connectivity index (χ2n) is 6.24. The van der Waals surface area contributed by atoms with Gasteiger partial charge in [0.2, 0.25) is 0 Å². The van der Waals surface area contributed by atoms with E-state index in [-0.39, 0.29) is 0 Å². The molecule has 0 radical (unpaired) electrons. The van der Waals surface area contributed by atoms with Crippen LogP contribution in [0.2, 0.25) is 0 Å². The Morgan fingerprint density at radius 2 is 1.10 bits per heavy atom. The van der Waals surface area contributed by atoms with Crippen LogP contribution < -0.4 is 13.6 Å². The van der Waals surface area contributed by atoms with E-state index in [4.69, 9.17) is 13.6 Å². The fraction of sp³-hybridized carbons (Fsp3) is 0.0833. The van der Waals surface area contributed by atoms with Crippen molar-refractivity contribution < 1.29 is 18.1 Å². The first-order chi connectivity index (χ1) is 14.1. The van der Waals surface area contributed by atoms with Crippen LogP contribution in [0, 0.1) is 0 Å². The van der Waals surface area contributed by atoms with Crippen molar-refractivity contribution in [2.75, 3.05) is 0 Å². The minimum Gasteiger partial charge on any atom is -0.386 e. The van der Waals surface area contributed by atoms with Gasteiger partial charge in [0.15, 0.2) is 0 Å². The monoisotopic (exact) mass is 406 g/mol. The lowest BCUT2D eigenvalue weighted by molar-refractivity contribution is 0.296. The Morgan fingerprint density at radius 3 is 1.59 bits per heavy atom. The quantitative estimate of drug-likeness (QED) is 0.275. The fourth-order valence-corrected chi connectivity index (χ4v) is 4.07. The number of benzene rings is 3. The summed E-state index contributed by atoms with van der Waals surface area (Å²) in [6.07, 6.45) is 4.64. The van der Waals surface area contributed by atoms with Crippen LogP contribution in [0.4, 0.5) is 0 Å². The number of allylic oxidation sites excluding steroid dienone is 2. The third kappa shape index (κ3) is 5.63. The first kappa shape index (κ1) is 20.5. The second-order valence-corrected chi connectivity index (χ2v) is 7.68. The molecule has 0 aromatic heterocycles. The number of phosphoric ester groups is 1. The van der Waals surface area contributed by atoms with Gasteiger partial charge in [-0.25, -0.2) is 0 Å². The molecule has 0 spiro atoms. The van der Waals surface area contributed by atoms with Gasteiger partial charge in [-0.15, -0.1) is 13.2 Å². The predicted octanol–water partition coefficient (Wildman–Crippen LogP) is 6.79. The summed E-state index contributed by atoms with van der Waals surface area (Å²) < 4.78 is 31.2. The third-order valence-corrected chi connectivity index (χ3v) is 5.33. The average molecular weight is 406 g/mol. The van der Waals surface area contributed by atoms with Crippen LogP contribution in [0.25, 0.3) is 0 Å². The van der Waals surface area contributed by atoms with Crippen LogP contribution in [0.1, 0.15) is 11.1 Å². The highest BCUT2D eigenvalue weighted by molar-refractivity contribution is 7.49. The molecule has 0 unspecified atom stereocenters. The maximum atomic E-state index is 13.7. The highest BCUT2D eigenvalue weighted by Crippen LogP contribution is 2.51. The Kier molecular flexibility index (Phi) is 6.94. The highest BCUT2D eigenvalue weighted by Gasteiger charge is 2.34. The Labute approximate surface area is 171 Å². The van der Waals surface area contributed by atoms with Gasteiger partial charge in [-0.3, -0.25) is 0 Å². The Morgan fingerprint density at radius 1 is 0.655 bits per heavy atom. The molecule has 0 saturated heterocycles. The van der Waals surface area contributed by atoms with Crippen molar-refractivity contribution >= 4 is 7.82 Å². The molecule has 3 aromatic rings. The minimum atomic E-state index is -4.05. The van der Waals surface area contributed by atoms with Gasteiger partial charge in [0.25, 0.3) is 0 Å². The number of rotatable bonds is 10. The van der Waals surface area contributed by atoms with Crippen LogP contribution in [-0.4, -0.2) is 0 Å². The second kappa shape index (κ2) is 9.81. The van der Waals surface area contributed by atoms with E-state index in [0.29, 0.717) is 30.1 Å². The van der Waals surface area contributed by atoms with Gasteiger partial charge in [0.1, 0.15) is 17.2 Å². The molecule has 4 nitrogen and oxygen atoms in total. The van der Waals surface area contributed by atoms with Gasteiger partial charge in [0.05, 0.1) is 0 Å². The lowest BCUT2D eigenvalue weighted by atomic mass is 10.1. The summed E-state index contributed by atoms with van der Waals surface area (Å²) in [7, 11) is -4.05. The zero-order valence-electron chi connectivity index (χ0n) is 16.1. The van der Waals surface area contributed by atoms with Crippen LogP contribution in [-0.2, 0) is 17.4 Å². The normalized spacial score (nSPS) is 10.8. The van der Waals surface area contributed by atoms with Crippen LogP contribution in [0.5, 0.6) is 17.2 Å². The summed E-state index contributed by atoms with van der Waals surface area (Å²) in [6.45, 7) is 7.53. The van der Waals surface area contributed by atoms with E-state index in [9.17, 15) is 4.57 Å². The number of hydrogen-bond donors (Lipinski definition) is 0. The van der Waals surface area contributed by atoms with Crippen molar-refractivity contribution in [1.82, 2.24) is 0 Å². The van der Waals surface area contributed by atoms with Crippen molar-refractivity contribution in [2.45, 2.75) is 12.8 Å². The molecule has 0 atom stereocenters. The Balaban J connectivity index is 1.97. The molecular formula is C24H23O4P. The number of para-hydroxylation sites is 3. The highest BCUT2D eigenvalue weighted by atomic mass is 31.2. The topological polar surface area (TPSA) is 44.8 Å². The van der Waals surface area contributed by atoms with E-state index in [1.54, 1.807) is 60.7 Å². The van der Waals surface area contributed by atoms with E-state index in [1.165, 1.54) is 0 Å². The van der Waals surface area contributed by atoms with Gasteiger partial charge < -0.3 is 13.6 Å². The van der Waals surface area contributed by atoms with E-state index in [0.717, 1.165) is 11.1 Å². The summed E-state index contributed by atoms with van der Waals surface area (Å²) in [5.41, 5.74) is 1.67. The molecule has 0 amide bonds. The molecule has 0 fully saturated rings. The van der Waals surface area contributed by atoms with Crippen LogP contribution >= 0.6 is 7.82 Å². The van der Waals surface area contributed by atoms with Gasteiger partial charge in [-0.05, 0) is 48.2 Å². The standard InChI is InChI=1S/C24H23O4P/c1-3-12-20-14-8-10-18-23(20)27-29(25,26-22-16-6-5-7-17-22)28-24-19-11-9-15-21(24)13-4-2/h3-11,14-19H,1-2,12-13H2. The lowest BCUT2D eigenvalue weighted by Crippen LogP contribution is -2.09. The first-order valence-corrected chi connectivity index (χ1v) is 10.7. The molecule has 29 heavy (non-hydrogen) atoms. The van der Waals surface area contributed by atoms with Gasteiger partial charge in [-0.2, -0.15) is 4.57 Å². The molecule has 0 aliphatic heterocycles. The molecule has 3 aromatic carbocycles. The van der Waals surface area contributed by atoms with Gasteiger partial charge in [-0.1, -0.05) is 66.7 Å². The van der Waals surface area contributed by atoms with Crippen molar-refractivity contribution in [3.05, 3.63) is 115 Å². The summed E-state index contributed by atoms with van der Waals surface area (Å²) in [6, 6.07) is 23.4. The van der Waals surface area contributed by atoms with Crippen molar-refractivity contribution in [3.63, 3.8) is 0 Å². The minimum absolute atomic E-state index is 0.387. The number of hydrogen-bond acceptors (Lipinski definition) is 4. The molecule has 3 rings (SSSR count). The molecular weight excluding hydrogens is 383 g/mol. The Hall–Kier alpha value is -3.23. The smallest absolute Gasteiger partial charge is 0.386 e. The zero-order valence-corrected chi connectivity index (χ0v) is 17.0. The van der Waals surface area contributed by atoms with E-state index in [2.05, 4.69) is 13.2 Å². The molecule has 0 N–H and O–H groups in total. The largest absolute Gasteiger partial charge is 0.647 e. The van der Waals surface area contributed by atoms with E-state index in [1.807, 2.05) is 30.3 Å². The molecule has 0 saturated carbocycles. The maximum absolute atomic E-state index is 13.7. The number of phosphoric acid groups is 1. The zero-order chi connectivity index (χ0) is 20.5. The van der Waals surface area contributed by atoms with E-state index < -0.39 is 7.82 Å². The first-order valence-electron chi connectivity index (χ1n) is 9.25. The van der Waals surface area contributed by atoms with Gasteiger partial charge in [0, 0.05) is 0 Å². The molecule has 0 aliphatic carbocycles. The van der Waals surface area contributed by atoms with E-state index >= 15 is 0 Å². The maximum Gasteiger partial charge on any atom is 0.647 e. The van der Waals surface area contributed by atoms with Gasteiger partial charge >= 0.3 is 7.82 Å². The van der Waals surface area contributed by atoms with Crippen LogP contribution in [0.3, 0.4) is 0 Å². The van der Waals surface area contributed by atoms with Crippen LogP contribution in [0.15, 0.2) is 104 Å². The molecule has 5 heteroatoms. The predicted molar refractivity (Wildman–Crippen MR) is 117 cm³/mol. The molecule has 148 valence electrons. The lowest BCUT2D eigenvalue weighted by Gasteiger charge is -2.21. The molecule has 0 heterocycles. The summed E-state index contributed by atoms with van der Waals surface area (Å²) in [5, 5.41) is 0. The molecule has 0 aliphatic rings. The summed E-state index contributed by atoms with van der Waals surface area (Å²) in [5.74, 6) is 1.24. The molecule has 0 bridgehead atoms. The fourth-order valence-electron chi connectivity index (χ4n) is 2.74. The average Bonchev–Trinajstić information content (AvgIpc) is 2.72. The van der Waals surface area contributed by atoms with Crippen molar-refractivity contribution in [1.29, 1.82) is 0 Å². The Bertz CT molecular complexity index is 955. The summed E-state index contributed by atoms with van der Waals surface area (Å²) in [4.78, 5) is 0. The SMILES string of the molecule is C=CCc1ccccc1OP(=O)(Oc1ccccc1)Oc1ccccc1CC=C. The van der Waals surface area contributed by atoms with Crippen molar-refractivity contribution in [3.8, 4) is 17.2 Å². The summed E-state index contributed by atoms with van der Waals surface area (Å²) >= 11 is 0.